The minimum Gasteiger partial charge on any atom is -0.323 e. The minimum absolute atomic E-state index is 0.673. The molecule has 88 valence electrons. The molecule has 0 unspecified atom stereocenters. The average Bonchev–Trinajstić information content (AvgIpc) is 2.76. The van der Waals surface area contributed by atoms with E-state index >= 15 is 0 Å². The molecule has 0 saturated carbocycles. The van der Waals surface area contributed by atoms with Gasteiger partial charge in [0.25, 0.3) is 0 Å². The van der Waals surface area contributed by atoms with Crippen LogP contribution >= 0.6 is 0 Å². The first kappa shape index (κ1) is 10.7. The van der Waals surface area contributed by atoms with Crippen LogP contribution in [0, 0.1) is 0 Å². The van der Waals surface area contributed by atoms with Crippen molar-refractivity contribution in [1.29, 1.82) is 0 Å². The highest BCUT2D eigenvalue weighted by Gasteiger charge is 2.16. The molecule has 0 N–H and O–H groups in total. The molecular weight excluding hydrogens is 226 g/mol. The van der Waals surface area contributed by atoms with Crippen molar-refractivity contribution in [3.63, 3.8) is 0 Å². The Kier molecular flexibility index (Phi) is 2.45. The molecule has 18 heavy (non-hydrogen) atoms. The first-order chi connectivity index (χ1) is 8.86. The van der Waals surface area contributed by atoms with Crippen LogP contribution in [0.3, 0.4) is 0 Å². The molecule has 0 spiro atoms. The number of rotatable bonds is 3. The van der Waals surface area contributed by atoms with Crippen molar-refractivity contribution in [3.8, 4) is 0 Å². The second-order valence-electron chi connectivity index (χ2n) is 4.17. The third-order valence-electron chi connectivity index (χ3n) is 3.19. The van der Waals surface area contributed by atoms with Crippen molar-refractivity contribution < 1.29 is 9.59 Å². The Morgan fingerprint density at radius 1 is 0.778 bits per heavy atom. The van der Waals surface area contributed by atoms with E-state index in [1.807, 2.05) is 48.5 Å². The summed E-state index contributed by atoms with van der Waals surface area (Å²) >= 11 is 0. The van der Waals surface area contributed by atoms with Gasteiger partial charge in [0.15, 0.2) is 0 Å². The lowest BCUT2D eigenvalue weighted by molar-refractivity contribution is -0.118. The fraction of sp³-hybridized carbons (Fsp3) is 0.0667. The van der Waals surface area contributed by atoms with E-state index in [1.165, 1.54) is 0 Å². The second-order valence-corrected chi connectivity index (χ2v) is 4.17. The van der Waals surface area contributed by atoms with Gasteiger partial charge >= 0.3 is 0 Å². The molecule has 0 amide bonds. The molecule has 0 saturated heterocycles. The molecule has 3 heteroatoms. The van der Waals surface area contributed by atoms with E-state index in [2.05, 4.69) is 0 Å². The number of nitrogens with zero attached hydrogens (tertiary/aromatic N) is 1. The van der Waals surface area contributed by atoms with Crippen LogP contribution in [-0.4, -0.2) is 17.1 Å². The maximum atomic E-state index is 11.1. The largest absolute Gasteiger partial charge is 0.323 e. The van der Waals surface area contributed by atoms with Gasteiger partial charge in [-0.15, -0.1) is 0 Å². The zero-order chi connectivity index (χ0) is 12.5. The monoisotopic (exact) mass is 237 g/mol. The van der Waals surface area contributed by atoms with Gasteiger partial charge in [-0.2, -0.15) is 0 Å². The topological polar surface area (TPSA) is 39.1 Å². The van der Waals surface area contributed by atoms with Crippen molar-refractivity contribution in [2.75, 3.05) is 0 Å². The Bertz CT molecular complexity index is 681. The molecule has 0 bridgehead atoms. The summed E-state index contributed by atoms with van der Waals surface area (Å²) in [7, 11) is 0. The smallest absolute Gasteiger partial charge is 0.150 e. The van der Waals surface area contributed by atoms with Crippen LogP contribution in [0.5, 0.6) is 0 Å². The first-order valence-corrected chi connectivity index (χ1v) is 5.75. The summed E-state index contributed by atoms with van der Waals surface area (Å²) in [5.74, 6) is 0. The summed E-state index contributed by atoms with van der Waals surface area (Å²) in [5.41, 5.74) is 1.81. The van der Waals surface area contributed by atoms with Crippen LogP contribution in [0.4, 0.5) is 0 Å². The number of hydrogen-bond donors (Lipinski definition) is 0. The summed E-state index contributed by atoms with van der Waals surface area (Å²) < 4.78 is 1.78. The molecule has 0 atom stereocenters. The number of carbonyl (C=O) groups excluding carboxylic acids is 2. The minimum atomic E-state index is -0.769. The van der Waals surface area contributed by atoms with Crippen LogP contribution in [0.25, 0.3) is 21.8 Å². The van der Waals surface area contributed by atoms with Crippen molar-refractivity contribution in [1.82, 2.24) is 4.57 Å². The summed E-state index contributed by atoms with van der Waals surface area (Å²) in [6, 6.07) is 14.8. The maximum absolute atomic E-state index is 11.1. The maximum Gasteiger partial charge on any atom is 0.150 e. The SMILES string of the molecule is O=CC(C=O)n1c2ccccc2c2ccccc21. The summed E-state index contributed by atoms with van der Waals surface area (Å²) in [5, 5.41) is 2.11. The molecular formula is C15H11NO2. The Morgan fingerprint density at radius 3 is 1.67 bits per heavy atom. The molecule has 2 aromatic carbocycles. The van der Waals surface area contributed by atoms with Crippen LogP contribution in [0.2, 0.25) is 0 Å². The van der Waals surface area contributed by atoms with Gasteiger partial charge in [0.05, 0.1) is 11.0 Å². The fourth-order valence-electron chi connectivity index (χ4n) is 2.43. The third-order valence-corrected chi connectivity index (χ3v) is 3.19. The summed E-state index contributed by atoms with van der Waals surface area (Å²) in [4.78, 5) is 22.1. The number of aromatic nitrogens is 1. The molecule has 3 aromatic rings. The van der Waals surface area contributed by atoms with E-state index in [9.17, 15) is 9.59 Å². The Hall–Kier alpha value is -2.42. The van der Waals surface area contributed by atoms with E-state index in [0.717, 1.165) is 21.8 Å². The number of aldehydes is 2. The van der Waals surface area contributed by atoms with Gasteiger partial charge in [0.2, 0.25) is 0 Å². The standard InChI is InChI=1S/C15H11NO2/c17-9-11(10-18)16-14-7-3-1-5-12(14)13-6-2-4-8-15(13)16/h1-11H. The zero-order valence-corrected chi connectivity index (χ0v) is 9.61. The van der Waals surface area contributed by atoms with Gasteiger partial charge in [0, 0.05) is 10.8 Å². The number of fused-ring (bicyclic) bond motifs is 3. The van der Waals surface area contributed by atoms with E-state index in [0.29, 0.717) is 12.6 Å². The van der Waals surface area contributed by atoms with Gasteiger partial charge in [-0.25, -0.2) is 0 Å². The van der Waals surface area contributed by atoms with Crippen LogP contribution in [0.15, 0.2) is 48.5 Å². The van der Waals surface area contributed by atoms with Crippen LogP contribution in [-0.2, 0) is 9.59 Å². The highest BCUT2D eigenvalue weighted by atomic mass is 16.1. The van der Waals surface area contributed by atoms with E-state index in [-0.39, 0.29) is 0 Å². The van der Waals surface area contributed by atoms with Gasteiger partial charge in [-0.05, 0) is 12.1 Å². The normalized spacial score (nSPS) is 11.2. The zero-order valence-electron chi connectivity index (χ0n) is 9.61. The summed E-state index contributed by atoms with van der Waals surface area (Å²) in [6.45, 7) is 0. The molecule has 1 aromatic heterocycles. The Morgan fingerprint density at radius 2 is 1.22 bits per heavy atom. The van der Waals surface area contributed by atoms with Crippen molar-refractivity contribution >= 4 is 34.4 Å². The molecule has 0 aliphatic rings. The van der Waals surface area contributed by atoms with E-state index < -0.39 is 6.04 Å². The average molecular weight is 237 g/mol. The van der Waals surface area contributed by atoms with Crippen molar-refractivity contribution in [2.24, 2.45) is 0 Å². The molecule has 3 rings (SSSR count). The number of hydrogen-bond acceptors (Lipinski definition) is 2. The molecule has 0 aliphatic heterocycles. The lowest BCUT2D eigenvalue weighted by Crippen LogP contribution is -2.11. The first-order valence-electron chi connectivity index (χ1n) is 5.75. The summed E-state index contributed by atoms with van der Waals surface area (Å²) in [6.07, 6.45) is 1.35. The number of para-hydroxylation sites is 2. The third kappa shape index (κ3) is 1.37. The highest BCUT2D eigenvalue weighted by molar-refractivity contribution is 6.09. The Labute approximate surface area is 104 Å². The van der Waals surface area contributed by atoms with Gasteiger partial charge in [0.1, 0.15) is 18.6 Å². The fourth-order valence-corrected chi connectivity index (χ4v) is 2.43. The molecule has 3 nitrogen and oxygen atoms in total. The Balaban J connectivity index is 2.52. The van der Waals surface area contributed by atoms with E-state index in [1.54, 1.807) is 4.57 Å². The van der Waals surface area contributed by atoms with Crippen LogP contribution in [0.1, 0.15) is 6.04 Å². The van der Waals surface area contributed by atoms with E-state index in [4.69, 9.17) is 0 Å². The lowest BCUT2D eigenvalue weighted by atomic mass is 10.2. The molecule has 0 aliphatic carbocycles. The van der Waals surface area contributed by atoms with Crippen LogP contribution < -0.4 is 0 Å². The second kappa shape index (κ2) is 4.11. The highest BCUT2D eigenvalue weighted by Crippen LogP contribution is 2.30. The predicted octanol–water partition coefficient (Wildman–Crippen LogP) is 2.73. The molecule has 0 fully saturated rings. The van der Waals surface area contributed by atoms with Gasteiger partial charge in [-0.1, -0.05) is 36.4 Å². The van der Waals surface area contributed by atoms with Gasteiger partial charge in [-0.3, -0.25) is 0 Å². The number of benzene rings is 2. The molecule has 1 heterocycles. The van der Waals surface area contributed by atoms with Crippen molar-refractivity contribution in [3.05, 3.63) is 48.5 Å². The van der Waals surface area contributed by atoms with Crippen molar-refractivity contribution in [2.45, 2.75) is 6.04 Å². The molecule has 0 radical (unpaired) electrons. The quantitative estimate of drug-likeness (QED) is 0.519. The van der Waals surface area contributed by atoms with Gasteiger partial charge < -0.3 is 14.2 Å². The number of carbonyl (C=O) groups is 2. The lowest BCUT2D eigenvalue weighted by Gasteiger charge is -2.08. The predicted molar refractivity (Wildman–Crippen MR) is 70.6 cm³/mol.